The van der Waals surface area contributed by atoms with Crippen LogP contribution in [0.25, 0.3) is 0 Å². The molecular weight excluding hydrogens is 344 g/mol. The fourth-order valence-electron chi connectivity index (χ4n) is 3.16. The zero-order valence-corrected chi connectivity index (χ0v) is 16.0. The molecule has 1 amide bonds. The number of nitro groups is 1. The second kappa shape index (κ2) is 7.39. The first-order chi connectivity index (χ1) is 12.8. The smallest absolute Gasteiger partial charge is 0.271 e. The van der Waals surface area contributed by atoms with Crippen molar-refractivity contribution in [3.8, 4) is 5.75 Å². The van der Waals surface area contributed by atoms with Crippen LogP contribution < -0.4 is 9.64 Å². The number of nitro benzene ring substituents is 1. The van der Waals surface area contributed by atoms with Gasteiger partial charge in [0, 0.05) is 12.1 Å². The van der Waals surface area contributed by atoms with Gasteiger partial charge in [-0.2, -0.15) is 0 Å². The maximum absolute atomic E-state index is 13.0. The van der Waals surface area contributed by atoms with E-state index in [1.54, 1.807) is 11.0 Å². The summed E-state index contributed by atoms with van der Waals surface area (Å²) >= 11 is 0. The Morgan fingerprint density at radius 1 is 1.11 bits per heavy atom. The van der Waals surface area contributed by atoms with Gasteiger partial charge in [-0.05, 0) is 29.0 Å². The molecule has 6 heteroatoms. The summed E-state index contributed by atoms with van der Waals surface area (Å²) in [6.45, 7) is 8.45. The summed E-state index contributed by atoms with van der Waals surface area (Å²) in [6.07, 6.45) is -0.603. The number of carbonyl (C=O) groups is 1. The zero-order valence-electron chi connectivity index (χ0n) is 16.0. The van der Waals surface area contributed by atoms with Crippen LogP contribution in [0.5, 0.6) is 5.75 Å². The molecule has 6 nitrogen and oxygen atoms in total. The summed E-state index contributed by atoms with van der Waals surface area (Å²) in [4.78, 5) is 25.3. The van der Waals surface area contributed by atoms with E-state index in [0.717, 1.165) is 5.56 Å². The summed E-state index contributed by atoms with van der Waals surface area (Å²) in [5, 5.41) is 11.2. The predicted molar refractivity (Wildman–Crippen MR) is 104 cm³/mol. The van der Waals surface area contributed by atoms with Crippen LogP contribution in [0.1, 0.15) is 44.7 Å². The van der Waals surface area contributed by atoms with E-state index in [4.69, 9.17) is 4.74 Å². The van der Waals surface area contributed by atoms with Gasteiger partial charge in [0.25, 0.3) is 11.6 Å². The number of rotatable bonds is 5. The SMILES string of the molecule is CC(C)c1ccc(CN2C(=O)C(C(C)C)Oc3ccc([N+](=O)[O-])cc32)cc1. The van der Waals surface area contributed by atoms with Gasteiger partial charge < -0.3 is 9.64 Å². The van der Waals surface area contributed by atoms with E-state index in [9.17, 15) is 14.9 Å². The molecule has 1 unspecified atom stereocenters. The van der Waals surface area contributed by atoms with Crippen LogP contribution in [0.4, 0.5) is 11.4 Å². The second-order valence-corrected chi connectivity index (χ2v) is 7.51. The maximum atomic E-state index is 13.0. The minimum absolute atomic E-state index is 0.00772. The van der Waals surface area contributed by atoms with E-state index in [0.29, 0.717) is 23.9 Å². The van der Waals surface area contributed by atoms with E-state index in [2.05, 4.69) is 26.0 Å². The molecule has 0 saturated carbocycles. The van der Waals surface area contributed by atoms with Crippen molar-refractivity contribution < 1.29 is 14.5 Å². The normalized spacial score (nSPS) is 16.4. The molecule has 0 fully saturated rings. The third kappa shape index (κ3) is 3.79. The van der Waals surface area contributed by atoms with Gasteiger partial charge in [-0.25, -0.2) is 0 Å². The van der Waals surface area contributed by atoms with Crippen LogP contribution >= 0.6 is 0 Å². The number of hydrogen-bond donors (Lipinski definition) is 0. The van der Waals surface area contributed by atoms with Crippen LogP contribution in [0.2, 0.25) is 0 Å². The van der Waals surface area contributed by atoms with Gasteiger partial charge in [-0.15, -0.1) is 0 Å². The molecule has 1 aliphatic rings. The van der Waals surface area contributed by atoms with Crippen molar-refractivity contribution in [2.75, 3.05) is 4.90 Å². The summed E-state index contributed by atoms with van der Waals surface area (Å²) in [6, 6.07) is 12.5. The lowest BCUT2D eigenvalue weighted by Gasteiger charge is -2.36. The third-order valence-electron chi connectivity index (χ3n) is 4.80. The van der Waals surface area contributed by atoms with Crippen LogP contribution in [0.15, 0.2) is 42.5 Å². The third-order valence-corrected chi connectivity index (χ3v) is 4.80. The van der Waals surface area contributed by atoms with E-state index in [1.807, 2.05) is 26.0 Å². The van der Waals surface area contributed by atoms with Crippen molar-refractivity contribution in [2.24, 2.45) is 5.92 Å². The standard InChI is InChI=1S/C21H24N2O4/c1-13(2)16-7-5-15(6-8-16)12-22-18-11-17(23(25)26)9-10-19(18)27-20(14(3)4)21(22)24/h5-11,13-14,20H,12H2,1-4H3. The number of hydrogen-bond acceptors (Lipinski definition) is 4. The monoisotopic (exact) mass is 368 g/mol. The maximum Gasteiger partial charge on any atom is 0.271 e. The van der Waals surface area contributed by atoms with Gasteiger partial charge >= 0.3 is 0 Å². The molecular formula is C21H24N2O4. The van der Waals surface area contributed by atoms with Gasteiger partial charge in [-0.1, -0.05) is 52.0 Å². The topological polar surface area (TPSA) is 72.7 Å². The average Bonchev–Trinajstić information content (AvgIpc) is 2.63. The van der Waals surface area contributed by atoms with Gasteiger partial charge in [0.05, 0.1) is 17.2 Å². The Kier molecular flexibility index (Phi) is 5.17. The molecule has 0 radical (unpaired) electrons. The highest BCUT2D eigenvalue weighted by atomic mass is 16.6. The van der Waals surface area contributed by atoms with Gasteiger partial charge in [0.15, 0.2) is 6.10 Å². The quantitative estimate of drug-likeness (QED) is 0.568. The first kappa shape index (κ1) is 18.9. The number of amides is 1. The molecule has 142 valence electrons. The molecule has 2 aromatic carbocycles. The molecule has 27 heavy (non-hydrogen) atoms. The van der Waals surface area contributed by atoms with Crippen molar-refractivity contribution in [3.63, 3.8) is 0 Å². The minimum atomic E-state index is -0.603. The molecule has 0 spiro atoms. The fourth-order valence-corrected chi connectivity index (χ4v) is 3.16. The number of benzene rings is 2. The van der Waals surface area contributed by atoms with Gasteiger partial charge in [-0.3, -0.25) is 14.9 Å². The molecule has 1 aliphatic heterocycles. The molecule has 0 aliphatic carbocycles. The lowest BCUT2D eigenvalue weighted by molar-refractivity contribution is -0.384. The van der Waals surface area contributed by atoms with Crippen molar-refractivity contribution >= 4 is 17.3 Å². The highest BCUT2D eigenvalue weighted by molar-refractivity contribution is 6.00. The molecule has 0 aromatic heterocycles. The summed E-state index contributed by atoms with van der Waals surface area (Å²) in [5.74, 6) is 0.744. The molecule has 0 bridgehead atoms. The Morgan fingerprint density at radius 3 is 2.33 bits per heavy atom. The summed E-state index contributed by atoms with van der Waals surface area (Å²) in [7, 11) is 0. The van der Waals surface area contributed by atoms with E-state index >= 15 is 0 Å². The van der Waals surface area contributed by atoms with E-state index in [1.165, 1.54) is 17.7 Å². The predicted octanol–water partition coefficient (Wildman–Crippen LogP) is 4.67. The van der Waals surface area contributed by atoms with Crippen LogP contribution in [0, 0.1) is 16.0 Å². The molecule has 3 rings (SSSR count). The lowest BCUT2D eigenvalue weighted by atomic mass is 10.00. The number of fused-ring (bicyclic) bond motifs is 1. The molecule has 0 saturated heterocycles. The zero-order chi connectivity index (χ0) is 19.7. The highest BCUT2D eigenvalue weighted by Gasteiger charge is 2.37. The molecule has 1 heterocycles. The summed E-state index contributed by atoms with van der Waals surface area (Å²) in [5.41, 5.74) is 2.57. The number of carbonyl (C=O) groups excluding carboxylic acids is 1. The number of non-ortho nitro benzene ring substituents is 1. The first-order valence-electron chi connectivity index (χ1n) is 9.13. The van der Waals surface area contributed by atoms with Gasteiger partial charge in [0.2, 0.25) is 0 Å². The Labute approximate surface area is 158 Å². The molecule has 1 atom stereocenters. The molecule has 2 aromatic rings. The van der Waals surface area contributed by atoms with Crippen molar-refractivity contribution in [1.82, 2.24) is 0 Å². The number of ether oxygens (including phenoxy) is 1. The Morgan fingerprint density at radius 2 is 1.78 bits per heavy atom. The highest BCUT2D eigenvalue weighted by Crippen LogP contribution is 2.39. The first-order valence-corrected chi connectivity index (χ1v) is 9.13. The van der Waals surface area contributed by atoms with Crippen molar-refractivity contribution in [1.29, 1.82) is 0 Å². The minimum Gasteiger partial charge on any atom is -0.478 e. The van der Waals surface area contributed by atoms with Crippen LogP contribution in [-0.4, -0.2) is 16.9 Å². The Balaban J connectivity index is 1.99. The van der Waals surface area contributed by atoms with Crippen molar-refractivity contribution in [3.05, 3.63) is 63.7 Å². The lowest BCUT2D eigenvalue weighted by Crippen LogP contribution is -2.48. The number of anilines is 1. The Bertz CT molecular complexity index is 859. The fraction of sp³-hybridized carbons (Fsp3) is 0.381. The van der Waals surface area contributed by atoms with Crippen LogP contribution in [-0.2, 0) is 11.3 Å². The van der Waals surface area contributed by atoms with Crippen molar-refractivity contribution in [2.45, 2.75) is 46.3 Å². The second-order valence-electron chi connectivity index (χ2n) is 7.51. The molecule has 0 N–H and O–H groups in total. The Hall–Kier alpha value is -2.89. The van der Waals surface area contributed by atoms with Gasteiger partial charge in [0.1, 0.15) is 5.75 Å². The van der Waals surface area contributed by atoms with Crippen LogP contribution in [0.3, 0.4) is 0 Å². The summed E-state index contributed by atoms with van der Waals surface area (Å²) < 4.78 is 5.85. The van der Waals surface area contributed by atoms with E-state index < -0.39 is 11.0 Å². The number of nitrogens with zero attached hydrogens (tertiary/aromatic N) is 2. The van der Waals surface area contributed by atoms with E-state index in [-0.39, 0.29) is 17.5 Å². The largest absolute Gasteiger partial charge is 0.478 e. The average molecular weight is 368 g/mol.